The van der Waals surface area contributed by atoms with Gasteiger partial charge < -0.3 is 15.6 Å². The molecule has 2 saturated heterocycles. The van der Waals surface area contributed by atoms with E-state index in [2.05, 4.69) is 20.6 Å². The molecule has 3 unspecified atom stereocenters. The number of aromatic nitrogens is 2. The Hall–Kier alpha value is -1.36. The van der Waals surface area contributed by atoms with E-state index in [1.807, 2.05) is 6.92 Å². The van der Waals surface area contributed by atoms with Crippen LogP contribution < -0.4 is 10.6 Å². The van der Waals surface area contributed by atoms with Gasteiger partial charge in [-0.25, -0.2) is 4.98 Å². The molecule has 1 amide bonds. The standard InChI is InChI=1S/C14H22N4O/c1-9(14-15-4-5-16-14)17-13(19)8-10-6-11-2-3-12(7-10)18-11/h4-5,9-12,18H,2-3,6-8H2,1H3,(H,15,16)(H,17,19). The van der Waals surface area contributed by atoms with E-state index in [9.17, 15) is 4.79 Å². The average Bonchev–Trinajstić information content (AvgIpc) is 2.99. The van der Waals surface area contributed by atoms with Gasteiger partial charge in [0.1, 0.15) is 5.82 Å². The number of carbonyl (C=O) groups is 1. The summed E-state index contributed by atoms with van der Waals surface area (Å²) in [5.74, 6) is 1.51. The molecule has 0 aromatic carbocycles. The van der Waals surface area contributed by atoms with Gasteiger partial charge in [0.25, 0.3) is 0 Å². The second-order valence-electron chi connectivity index (χ2n) is 5.94. The molecule has 3 atom stereocenters. The van der Waals surface area contributed by atoms with E-state index >= 15 is 0 Å². The molecule has 3 rings (SSSR count). The molecule has 2 aliphatic heterocycles. The summed E-state index contributed by atoms with van der Waals surface area (Å²) in [5, 5.41) is 6.64. The first-order chi connectivity index (χ1) is 9.20. The predicted molar refractivity (Wildman–Crippen MR) is 72.4 cm³/mol. The van der Waals surface area contributed by atoms with Crippen molar-refractivity contribution in [3.05, 3.63) is 18.2 Å². The van der Waals surface area contributed by atoms with Crippen molar-refractivity contribution < 1.29 is 4.79 Å². The molecule has 0 aliphatic carbocycles. The van der Waals surface area contributed by atoms with E-state index in [1.54, 1.807) is 12.4 Å². The maximum absolute atomic E-state index is 12.1. The lowest BCUT2D eigenvalue weighted by atomic mass is 9.89. The van der Waals surface area contributed by atoms with Crippen molar-refractivity contribution >= 4 is 5.91 Å². The number of nitrogens with one attached hydrogen (secondary N) is 3. The topological polar surface area (TPSA) is 69.8 Å². The summed E-state index contributed by atoms with van der Waals surface area (Å²) in [5.41, 5.74) is 0. The zero-order valence-electron chi connectivity index (χ0n) is 11.4. The van der Waals surface area contributed by atoms with Gasteiger partial charge in [-0.2, -0.15) is 0 Å². The number of carbonyl (C=O) groups excluding carboxylic acids is 1. The highest BCUT2D eigenvalue weighted by Crippen LogP contribution is 2.32. The molecule has 2 bridgehead atoms. The number of imidazole rings is 1. The fourth-order valence-corrected chi connectivity index (χ4v) is 3.49. The number of rotatable bonds is 4. The van der Waals surface area contributed by atoms with Crippen LogP contribution in [0.4, 0.5) is 0 Å². The Labute approximate surface area is 113 Å². The molecule has 1 aromatic rings. The maximum Gasteiger partial charge on any atom is 0.220 e. The summed E-state index contributed by atoms with van der Waals surface area (Å²) in [4.78, 5) is 19.3. The summed E-state index contributed by atoms with van der Waals surface area (Å²) in [6.45, 7) is 1.96. The molecule has 5 nitrogen and oxygen atoms in total. The third-order valence-electron chi connectivity index (χ3n) is 4.35. The smallest absolute Gasteiger partial charge is 0.220 e. The van der Waals surface area contributed by atoms with E-state index in [0.717, 1.165) is 18.7 Å². The monoisotopic (exact) mass is 262 g/mol. The van der Waals surface area contributed by atoms with Crippen LogP contribution in [-0.4, -0.2) is 28.0 Å². The predicted octanol–water partition coefficient (Wildman–Crippen LogP) is 1.51. The zero-order chi connectivity index (χ0) is 13.2. The Morgan fingerprint density at radius 1 is 1.47 bits per heavy atom. The Balaban J connectivity index is 1.49. The van der Waals surface area contributed by atoms with Gasteiger partial charge in [0.2, 0.25) is 5.91 Å². The number of hydrogen-bond acceptors (Lipinski definition) is 3. The third-order valence-corrected chi connectivity index (χ3v) is 4.35. The molecule has 3 N–H and O–H groups in total. The molecule has 0 saturated carbocycles. The highest BCUT2D eigenvalue weighted by molar-refractivity contribution is 5.76. The van der Waals surface area contributed by atoms with Crippen LogP contribution in [-0.2, 0) is 4.79 Å². The summed E-state index contributed by atoms with van der Waals surface area (Å²) in [6.07, 6.45) is 9.01. The molecule has 2 fully saturated rings. The molecular formula is C14H22N4O. The van der Waals surface area contributed by atoms with Crippen LogP contribution >= 0.6 is 0 Å². The highest BCUT2D eigenvalue weighted by Gasteiger charge is 2.34. The fourth-order valence-electron chi connectivity index (χ4n) is 3.49. The number of H-pyrrole nitrogens is 1. The van der Waals surface area contributed by atoms with Crippen molar-refractivity contribution in [2.24, 2.45) is 5.92 Å². The highest BCUT2D eigenvalue weighted by atomic mass is 16.1. The van der Waals surface area contributed by atoms with E-state index < -0.39 is 0 Å². The van der Waals surface area contributed by atoms with Crippen LogP contribution in [0.3, 0.4) is 0 Å². The van der Waals surface area contributed by atoms with Gasteiger partial charge in [-0.3, -0.25) is 4.79 Å². The van der Waals surface area contributed by atoms with Crippen molar-refractivity contribution in [2.75, 3.05) is 0 Å². The quantitative estimate of drug-likeness (QED) is 0.770. The van der Waals surface area contributed by atoms with Gasteiger partial charge in [0.15, 0.2) is 0 Å². The van der Waals surface area contributed by atoms with E-state index in [-0.39, 0.29) is 11.9 Å². The van der Waals surface area contributed by atoms with Gasteiger partial charge in [0.05, 0.1) is 6.04 Å². The summed E-state index contributed by atoms with van der Waals surface area (Å²) >= 11 is 0. The second-order valence-corrected chi connectivity index (χ2v) is 5.94. The third kappa shape index (κ3) is 2.97. The first-order valence-corrected chi connectivity index (χ1v) is 7.25. The van der Waals surface area contributed by atoms with E-state index in [4.69, 9.17) is 0 Å². The van der Waals surface area contributed by atoms with Crippen molar-refractivity contribution in [3.63, 3.8) is 0 Å². The first-order valence-electron chi connectivity index (χ1n) is 7.25. The SMILES string of the molecule is CC(NC(=O)CC1CC2CCC(C1)N2)c1ncc[nH]1. The Kier molecular flexibility index (Phi) is 3.55. The minimum Gasteiger partial charge on any atom is -0.347 e. The van der Waals surface area contributed by atoms with Gasteiger partial charge in [0, 0.05) is 30.9 Å². The zero-order valence-corrected chi connectivity index (χ0v) is 11.4. The van der Waals surface area contributed by atoms with E-state index in [1.165, 1.54) is 12.8 Å². The minimum absolute atomic E-state index is 0.0408. The van der Waals surface area contributed by atoms with E-state index in [0.29, 0.717) is 24.4 Å². The van der Waals surface area contributed by atoms with Gasteiger partial charge in [-0.15, -0.1) is 0 Å². The summed E-state index contributed by atoms with van der Waals surface area (Å²) in [7, 11) is 0. The Morgan fingerprint density at radius 3 is 2.84 bits per heavy atom. The van der Waals surface area contributed by atoms with Gasteiger partial charge in [-0.1, -0.05) is 0 Å². The molecule has 0 radical (unpaired) electrons. The van der Waals surface area contributed by atoms with Crippen LogP contribution in [0.15, 0.2) is 12.4 Å². The number of amides is 1. The summed E-state index contributed by atoms with van der Waals surface area (Å²) in [6, 6.07) is 1.26. The fraction of sp³-hybridized carbons (Fsp3) is 0.714. The van der Waals surface area contributed by atoms with Crippen molar-refractivity contribution in [3.8, 4) is 0 Å². The molecule has 3 heterocycles. The van der Waals surface area contributed by atoms with Crippen molar-refractivity contribution in [1.29, 1.82) is 0 Å². The lowest BCUT2D eigenvalue weighted by molar-refractivity contribution is -0.123. The van der Waals surface area contributed by atoms with Crippen LogP contribution in [0, 0.1) is 5.92 Å². The van der Waals surface area contributed by atoms with Gasteiger partial charge >= 0.3 is 0 Å². The van der Waals surface area contributed by atoms with Gasteiger partial charge in [-0.05, 0) is 38.5 Å². The lowest BCUT2D eigenvalue weighted by Crippen LogP contribution is -2.40. The number of piperidine rings is 1. The maximum atomic E-state index is 12.1. The first kappa shape index (κ1) is 12.7. The summed E-state index contributed by atoms with van der Waals surface area (Å²) < 4.78 is 0. The number of aromatic amines is 1. The number of nitrogens with zero attached hydrogens (tertiary/aromatic N) is 1. The average molecular weight is 262 g/mol. The molecule has 5 heteroatoms. The molecule has 0 spiro atoms. The molecular weight excluding hydrogens is 240 g/mol. The molecule has 19 heavy (non-hydrogen) atoms. The second kappa shape index (κ2) is 5.33. The number of fused-ring (bicyclic) bond motifs is 2. The largest absolute Gasteiger partial charge is 0.347 e. The Bertz CT molecular complexity index is 419. The number of hydrogen-bond donors (Lipinski definition) is 3. The molecule has 1 aromatic heterocycles. The minimum atomic E-state index is -0.0408. The molecule has 2 aliphatic rings. The Morgan fingerprint density at radius 2 is 2.21 bits per heavy atom. The van der Waals surface area contributed by atoms with Crippen molar-refractivity contribution in [1.82, 2.24) is 20.6 Å². The normalized spacial score (nSPS) is 31.1. The lowest BCUT2D eigenvalue weighted by Gasteiger charge is -2.28. The van der Waals surface area contributed by atoms with Crippen molar-refractivity contribution in [2.45, 2.75) is 57.2 Å². The van der Waals surface area contributed by atoms with Crippen LogP contribution in [0.1, 0.15) is 50.9 Å². The van der Waals surface area contributed by atoms with Crippen LogP contribution in [0.5, 0.6) is 0 Å². The molecule has 104 valence electrons. The van der Waals surface area contributed by atoms with Crippen LogP contribution in [0.25, 0.3) is 0 Å². The van der Waals surface area contributed by atoms with Crippen LogP contribution in [0.2, 0.25) is 0 Å².